The van der Waals surface area contributed by atoms with Crippen molar-refractivity contribution >= 4 is 5.91 Å². The summed E-state index contributed by atoms with van der Waals surface area (Å²) in [6, 6.07) is 15.6. The number of carbonyl (C=O) groups excluding carboxylic acids is 1. The maximum Gasteiger partial charge on any atom is 0.256 e. The molecule has 0 saturated heterocycles. The zero-order valence-corrected chi connectivity index (χ0v) is 13.7. The fraction of sp³-hybridized carbons (Fsp3) is 0.150. The average molecular weight is 330 g/mol. The molecular weight excluding hydrogens is 312 g/mol. The topological polar surface area (TPSA) is 58.1 Å². The SMILES string of the molecule is O=C1c2ccccc2C(NCc2cccnc2)N1Cc1cccnc1. The van der Waals surface area contributed by atoms with Gasteiger partial charge in [0.15, 0.2) is 0 Å². The first-order chi connectivity index (χ1) is 12.3. The highest BCUT2D eigenvalue weighted by molar-refractivity contribution is 5.99. The Morgan fingerprint density at radius 1 is 0.920 bits per heavy atom. The third-order valence-corrected chi connectivity index (χ3v) is 4.36. The van der Waals surface area contributed by atoms with Gasteiger partial charge in [-0.2, -0.15) is 0 Å². The third-order valence-electron chi connectivity index (χ3n) is 4.36. The summed E-state index contributed by atoms with van der Waals surface area (Å²) in [6.07, 6.45) is 6.97. The lowest BCUT2D eigenvalue weighted by atomic mass is 10.1. The van der Waals surface area contributed by atoms with E-state index in [4.69, 9.17) is 0 Å². The summed E-state index contributed by atoms with van der Waals surface area (Å²) >= 11 is 0. The van der Waals surface area contributed by atoms with Gasteiger partial charge in [0.1, 0.15) is 6.17 Å². The number of aromatic nitrogens is 2. The molecule has 3 aromatic rings. The second-order valence-corrected chi connectivity index (χ2v) is 6.03. The lowest BCUT2D eigenvalue weighted by Gasteiger charge is -2.26. The molecule has 1 atom stereocenters. The van der Waals surface area contributed by atoms with Crippen molar-refractivity contribution in [1.82, 2.24) is 20.2 Å². The molecule has 1 amide bonds. The maximum absolute atomic E-state index is 12.9. The zero-order valence-electron chi connectivity index (χ0n) is 13.7. The Hall–Kier alpha value is -3.05. The molecule has 1 aliphatic heterocycles. The van der Waals surface area contributed by atoms with Crippen molar-refractivity contribution in [3.63, 3.8) is 0 Å². The summed E-state index contributed by atoms with van der Waals surface area (Å²) < 4.78 is 0. The van der Waals surface area contributed by atoms with Crippen LogP contribution >= 0.6 is 0 Å². The summed E-state index contributed by atoms with van der Waals surface area (Å²) in [5, 5.41) is 3.50. The summed E-state index contributed by atoms with van der Waals surface area (Å²) in [4.78, 5) is 23.0. The fourth-order valence-electron chi connectivity index (χ4n) is 3.16. The predicted octanol–water partition coefficient (Wildman–Crippen LogP) is 2.92. The highest BCUT2D eigenvalue weighted by Crippen LogP contribution is 2.33. The molecule has 1 N–H and O–H groups in total. The molecule has 5 nitrogen and oxygen atoms in total. The van der Waals surface area contributed by atoms with Crippen LogP contribution in [0.3, 0.4) is 0 Å². The van der Waals surface area contributed by atoms with Gasteiger partial charge >= 0.3 is 0 Å². The second-order valence-electron chi connectivity index (χ2n) is 6.03. The van der Waals surface area contributed by atoms with E-state index < -0.39 is 0 Å². The van der Waals surface area contributed by atoms with Crippen LogP contribution in [0.1, 0.15) is 33.2 Å². The van der Waals surface area contributed by atoms with E-state index >= 15 is 0 Å². The molecule has 2 aromatic heterocycles. The minimum atomic E-state index is -0.163. The smallest absolute Gasteiger partial charge is 0.256 e. The lowest BCUT2D eigenvalue weighted by molar-refractivity contribution is 0.0675. The van der Waals surface area contributed by atoms with Crippen molar-refractivity contribution in [2.45, 2.75) is 19.3 Å². The Morgan fingerprint density at radius 2 is 1.64 bits per heavy atom. The van der Waals surface area contributed by atoms with E-state index in [1.54, 1.807) is 18.6 Å². The van der Waals surface area contributed by atoms with Gasteiger partial charge in [-0.25, -0.2) is 0 Å². The summed E-state index contributed by atoms with van der Waals surface area (Å²) in [5.74, 6) is 0.0446. The van der Waals surface area contributed by atoms with Crippen molar-refractivity contribution in [3.05, 3.63) is 95.6 Å². The van der Waals surface area contributed by atoms with E-state index in [0.29, 0.717) is 13.1 Å². The van der Waals surface area contributed by atoms with Gasteiger partial charge < -0.3 is 4.90 Å². The highest BCUT2D eigenvalue weighted by atomic mass is 16.2. The van der Waals surface area contributed by atoms with Crippen LogP contribution < -0.4 is 5.32 Å². The standard InChI is InChI=1S/C20H18N4O/c25-20-18-8-2-1-7-17(18)19(23-13-15-5-3-9-21-11-15)24(20)14-16-6-4-10-22-12-16/h1-12,19,23H,13-14H2. The molecule has 4 rings (SSSR count). The first-order valence-electron chi connectivity index (χ1n) is 8.24. The molecule has 0 fully saturated rings. The molecule has 0 aliphatic carbocycles. The number of amides is 1. The third kappa shape index (κ3) is 3.14. The highest BCUT2D eigenvalue weighted by Gasteiger charge is 2.36. The van der Waals surface area contributed by atoms with Crippen LogP contribution in [0.5, 0.6) is 0 Å². The van der Waals surface area contributed by atoms with Crippen molar-refractivity contribution in [3.8, 4) is 0 Å². The first-order valence-corrected chi connectivity index (χ1v) is 8.24. The minimum Gasteiger partial charge on any atom is -0.314 e. The average Bonchev–Trinajstić information content (AvgIpc) is 2.94. The van der Waals surface area contributed by atoms with Crippen LogP contribution in [0.25, 0.3) is 0 Å². The van der Waals surface area contributed by atoms with E-state index in [0.717, 1.165) is 22.3 Å². The number of nitrogens with zero attached hydrogens (tertiary/aromatic N) is 3. The Labute approximate surface area is 146 Å². The monoisotopic (exact) mass is 330 g/mol. The summed E-state index contributed by atoms with van der Waals surface area (Å²) in [5.41, 5.74) is 3.87. The van der Waals surface area contributed by atoms with E-state index in [9.17, 15) is 4.79 Å². The number of nitrogens with one attached hydrogen (secondary N) is 1. The molecule has 0 radical (unpaired) electrons. The molecule has 124 valence electrons. The van der Waals surface area contributed by atoms with Crippen LogP contribution in [-0.4, -0.2) is 20.8 Å². The summed E-state index contributed by atoms with van der Waals surface area (Å²) in [6.45, 7) is 1.16. The van der Waals surface area contributed by atoms with Crippen LogP contribution in [0.4, 0.5) is 0 Å². The molecule has 0 bridgehead atoms. The molecule has 3 heterocycles. The molecule has 1 unspecified atom stereocenters. The van der Waals surface area contributed by atoms with Gasteiger partial charge in [0.25, 0.3) is 5.91 Å². The van der Waals surface area contributed by atoms with Gasteiger partial charge in [-0.15, -0.1) is 0 Å². The van der Waals surface area contributed by atoms with Crippen LogP contribution in [0, 0.1) is 0 Å². The Morgan fingerprint density at radius 3 is 2.36 bits per heavy atom. The molecule has 1 aliphatic rings. The number of rotatable bonds is 5. The molecular formula is C20H18N4O. The van der Waals surface area contributed by atoms with Gasteiger partial charge in [-0.05, 0) is 29.3 Å². The van der Waals surface area contributed by atoms with Crippen molar-refractivity contribution in [1.29, 1.82) is 0 Å². The fourth-order valence-corrected chi connectivity index (χ4v) is 3.16. The first kappa shape index (κ1) is 15.5. The van der Waals surface area contributed by atoms with Crippen LogP contribution in [0.2, 0.25) is 0 Å². The van der Waals surface area contributed by atoms with Crippen LogP contribution in [0.15, 0.2) is 73.3 Å². The Bertz CT molecular complexity index is 867. The second kappa shape index (κ2) is 6.83. The van der Waals surface area contributed by atoms with Gasteiger partial charge in [-0.1, -0.05) is 30.3 Å². The Kier molecular flexibility index (Phi) is 4.23. The van der Waals surface area contributed by atoms with E-state index in [1.165, 1.54) is 0 Å². The van der Waals surface area contributed by atoms with E-state index in [1.807, 2.05) is 59.6 Å². The van der Waals surface area contributed by atoms with Crippen LogP contribution in [-0.2, 0) is 13.1 Å². The number of hydrogen-bond acceptors (Lipinski definition) is 4. The number of hydrogen-bond donors (Lipinski definition) is 1. The molecule has 25 heavy (non-hydrogen) atoms. The van der Waals surface area contributed by atoms with Gasteiger partial charge in [0.05, 0.1) is 0 Å². The predicted molar refractivity (Wildman–Crippen MR) is 94.4 cm³/mol. The molecule has 0 saturated carbocycles. The van der Waals surface area contributed by atoms with E-state index in [-0.39, 0.29) is 12.1 Å². The van der Waals surface area contributed by atoms with Crippen molar-refractivity contribution in [2.24, 2.45) is 0 Å². The number of benzene rings is 1. The largest absolute Gasteiger partial charge is 0.314 e. The quantitative estimate of drug-likeness (QED) is 0.781. The maximum atomic E-state index is 12.9. The molecule has 0 spiro atoms. The molecule has 1 aromatic carbocycles. The molecule has 5 heteroatoms. The number of fused-ring (bicyclic) bond motifs is 1. The van der Waals surface area contributed by atoms with Crippen molar-refractivity contribution in [2.75, 3.05) is 0 Å². The van der Waals surface area contributed by atoms with Gasteiger partial charge in [-0.3, -0.25) is 20.1 Å². The Balaban J connectivity index is 1.60. The van der Waals surface area contributed by atoms with Gasteiger partial charge in [0, 0.05) is 49.0 Å². The number of pyridine rings is 2. The normalized spacial score (nSPS) is 16.1. The zero-order chi connectivity index (χ0) is 17.1. The minimum absolute atomic E-state index is 0.0446. The lowest BCUT2D eigenvalue weighted by Crippen LogP contribution is -2.36. The number of carbonyl (C=O) groups is 1. The summed E-state index contributed by atoms with van der Waals surface area (Å²) in [7, 11) is 0. The van der Waals surface area contributed by atoms with Crippen molar-refractivity contribution < 1.29 is 4.79 Å². The van der Waals surface area contributed by atoms with Gasteiger partial charge in [0.2, 0.25) is 0 Å². The van der Waals surface area contributed by atoms with E-state index in [2.05, 4.69) is 15.3 Å².